The highest BCUT2D eigenvalue weighted by molar-refractivity contribution is 5.79. The zero-order valence-electron chi connectivity index (χ0n) is 14.8. The van der Waals surface area contributed by atoms with Crippen molar-refractivity contribution in [1.29, 1.82) is 0 Å². The number of rotatable bonds is 4. The van der Waals surface area contributed by atoms with Crippen molar-refractivity contribution >= 4 is 5.91 Å². The molecule has 2 aromatic rings. The van der Waals surface area contributed by atoms with Gasteiger partial charge >= 0.3 is 0 Å². The molecule has 0 aliphatic carbocycles. The van der Waals surface area contributed by atoms with E-state index in [1.807, 2.05) is 17.0 Å². The van der Waals surface area contributed by atoms with Gasteiger partial charge in [0.15, 0.2) is 0 Å². The summed E-state index contributed by atoms with van der Waals surface area (Å²) in [6.07, 6.45) is 5.57. The van der Waals surface area contributed by atoms with Crippen LogP contribution in [0.15, 0.2) is 22.8 Å². The second-order valence-electron chi connectivity index (χ2n) is 7.14. The normalized spacial score (nSPS) is 21.3. The number of aromatic nitrogens is 2. The predicted octanol–water partition coefficient (Wildman–Crippen LogP) is 2.36. The smallest absolute Gasteiger partial charge is 0.227 e. The Morgan fingerprint density at radius 2 is 2.36 bits per heavy atom. The number of hydrogen-bond acceptors (Lipinski definition) is 4. The van der Waals surface area contributed by atoms with E-state index < -0.39 is 0 Å². The molecular formula is C19H26N4O2. The largest absolute Gasteiger partial charge is 0.468 e. The van der Waals surface area contributed by atoms with Gasteiger partial charge in [0.05, 0.1) is 24.4 Å². The van der Waals surface area contributed by atoms with E-state index in [0.717, 1.165) is 63.3 Å². The molecule has 1 atom stereocenters. The van der Waals surface area contributed by atoms with Gasteiger partial charge in [-0.3, -0.25) is 14.8 Å². The van der Waals surface area contributed by atoms with Crippen LogP contribution in [-0.4, -0.2) is 45.5 Å². The molecule has 2 aliphatic rings. The number of H-pyrrole nitrogens is 1. The number of fused-ring (bicyclic) bond motifs is 1. The molecule has 1 fully saturated rings. The Labute approximate surface area is 148 Å². The fourth-order valence-corrected chi connectivity index (χ4v) is 4.12. The molecule has 0 radical (unpaired) electrons. The number of nitrogens with one attached hydrogen (secondary N) is 1. The minimum atomic E-state index is 0.0993. The van der Waals surface area contributed by atoms with E-state index in [4.69, 9.17) is 4.42 Å². The standard InChI is InChI=1S/C19H26N4O2/c1-2-17-16-13-23(9-7-18(16)21-20-17)19(24)14-5-3-8-22(11-14)12-15-6-4-10-25-15/h4,6,10,14H,2-3,5,7-9,11-13H2,1H3,(H,20,21)/t14-/m0/s1. The molecule has 1 N–H and O–H groups in total. The molecule has 2 aromatic heterocycles. The first-order valence-electron chi connectivity index (χ1n) is 9.33. The molecule has 6 heteroatoms. The Balaban J connectivity index is 1.40. The maximum atomic E-state index is 13.1. The molecular weight excluding hydrogens is 316 g/mol. The van der Waals surface area contributed by atoms with Crippen LogP contribution in [0.1, 0.15) is 42.5 Å². The molecule has 6 nitrogen and oxygen atoms in total. The third kappa shape index (κ3) is 3.35. The molecule has 0 spiro atoms. The van der Waals surface area contributed by atoms with Crippen molar-refractivity contribution in [3.05, 3.63) is 41.1 Å². The Hall–Kier alpha value is -2.08. The zero-order valence-corrected chi connectivity index (χ0v) is 14.8. The minimum absolute atomic E-state index is 0.0993. The Morgan fingerprint density at radius 1 is 1.44 bits per heavy atom. The van der Waals surface area contributed by atoms with Gasteiger partial charge in [-0.25, -0.2) is 0 Å². The second-order valence-corrected chi connectivity index (χ2v) is 7.14. The molecule has 0 aromatic carbocycles. The summed E-state index contributed by atoms with van der Waals surface area (Å²) in [6.45, 7) is 6.28. The highest BCUT2D eigenvalue weighted by Gasteiger charge is 2.32. The number of likely N-dealkylation sites (tertiary alicyclic amines) is 1. The SMILES string of the molecule is CCc1n[nH]c2c1CN(C(=O)[C@H]1CCCN(Cc3ccco3)C1)CC2. The predicted molar refractivity (Wildman–Crippen MR) is 93.8 cm³/mol. The van der Waals surface area contributed by atoms with Crippen molar-refractivity contribution in [3.63, 3.8) is 0 Å². The van der Waals surface area contributed by atoms with E-state index in [1.165, 1.54) is 11.3 Å². The van der Waals surface area contributed by atoms with Gasteiger partial charge in [0.1, 0.15) is 5.76 Å². The second kappa shape index (κ2) is 7.04. The maximum absolute atomic E-state index is 13.1. The van der Waals surface area contributed by atoms with Gasteiger partial charge < -0.3 is 9.32 Å². The summed E-state index contributed by atoms with van der Waals surface area (Å²) < 4.78 is 5.46. The Morgan fingerprint density at radius 3 is 3.16 bits per heavy atom. The first-order valence-corrected chi connectivity index (χ1v) is 9.33. The zero-order chi connectivity index (χ0) is 17.2. The molecule has 25 heavy (non-hydrogen) atoms. The molecule has 0 bridgehead atoms. The van der Waals surface area contributed by atoms with Crippen molar-refractivity contribution in [2.75, 3.05) is 19.6 Å². The van der Waals surface area contributed by atoms with Gasteiger partial charge in [0, 0.05) is 37.3 Å². The van der Waals surface area contributed by atoms with Crippen LogP contribution in [0.25, 0.3) is 0 Å². The molecule has 0 saturated carbocycles. The van der Waals surface area contributed by atoms with Gasteiger partial charge in [-0.1, -0.05) is 6.92 Å². The third-order valence-electron chi connectivity index (χ3n) is 5.48. The van der Waals surface area contributed by atoms with Crippen LogP contribution in [0, 0.1) is 5.92 Å². The van der Waals surface area contributed by atoms with Crippen LogP contribution >= 0.6 is 0 Å². The van der Waals surface area contributed by atoms with Crippen molar-refractivity contribution in [1.82, 2.24) is 20.0 Å². The van der Waals surface area contributed by atoms with Gasteiger partial charge in [-0.15, -0.1) is 0 Å². The van der Waals surface area contributed by atoms with E-state index in [2.05, 4.69) is 22.0 Å². The molecule has 0 unspecified atom stereocenters. The average molecular weight is 342 g/mol. The number of carbonyl (C=O) groups excluding carboxylic acids is 1. The number of aryl methyl sites for hydroxylation is 1. The molecule has 4 heterocycles. The van der Waals surface area contributed by atoms with Crippen molar-refractivity contribution in [3.8, 4) is 0 Å². The van der Waals surface area contributed by atoms with E-state index in [-0.39, 0.29) is 5.92 Å². The lowest BCUT2D eigenvalue weighted by atomic mass is 9.94. The van der Waals surface area contributed by atoms with Crippen LogP contribution in [-0.2, 0) is 30.7 Å². The summed E-state index contributed by atoms with van der Waals surface area (Å²) >= 11 is 0. The first-order chi connectivity index (χ1) is 12.2. The molecule has 1 amide bonds. The lowest BCUT2D eigenvalue weighted by Gasteiger charge is -2.36. The fourth-order valence-electron chi connectivity index (χ4n) is 4.12. The molecule has 4 rings (SSSR count). The number of aromatic amines is 1. The van der Waals surface area contributed by atoms with Gasteiger partial charge in [0.2, 0.25) is 5.91 Å². The number of nitrogens with zero attached hydrogens (tertiary/aromatic N) is 3. The third-order valence-corrected chi connectivity index (χ3v) is 5.48. The quantitative estimate of drug-likeness (QED) is 0.926. The number of piperidine rings is 1. The summed E-state index contributed by atoms with van der Waals surface area (Å²) in [5.74, 6) is 1.38. The lowest BCUT2D eigenvalue weighted by Crippen LogP contribution is -2.46. The van der Waals surface area contributed by atoms with Crippen LogP contribution < -0.4 is 0 Å². The average Bonchev–Trinajstić information content (AvgIpc) is 3.30. The van der Waals surface area contributed by atoms with Crippen molar-refractivity contribution in [2.24, 2.45) is 5.92 Å². The highest BCUT2D eigenvalue weighted by atomic mass is 16.3. The molecule has 2 aliphatic heterocycles. The molecule has 1 saturated heterocycles. The van der Waals surface area contributed by atoms with Crippen molar-refractivity contribution in [2.45, 2.75) is 45.7 Å². The highest BCUT2D eigenvalue weighted by Crippen LogP contribution is 2.25. The Bertz CT molecular complexity index is 708. The topological polar surface area (TPSA) is 65.4 Å². The van der Waals surface area contributed by atoms with E-state index in [0.29, 0.717) is 12.5 Å². The van der Waals surface area contributed by atoms with Crippen LogP contribution in [0.4, 0.5) is 0 Å². The minimum Gasteiger partial charge on any atom is -0.468 e. The summed E-state index contributed by atoms with van der Waals surface area (Å²) in [7, 11) is 0. The molecule has 134 valence electrons. The summed E-state index contributed by atoms with van der Waals surface area (Å²) in [6, 6.07) is 3.92. The van der Waals surface area contributed by atoms with E-state index in [9.17, 15) is 4.79 Å². The van der Waals surface area contributed by atoms with Gasteiger partial charge in [-0.2, -0.15) is 5.10 Å². The monoisotopic (exact) mass is 342 g/mol. The van der Waals surface area contributed by atoms with Crippen LogP contribution in [0.3, 0.4) is 0 Å². The van der Waals surface area contributed by atoms with Gasteiger partial charge in [0.25, 0.3) is 0 Å². The van der Waals surface area contributed by atoms with Crippen molar-refractivity contribution < 1.29 is 9.21 Å². The number of carbonyl (C=O) groups is 1. The van der Waals surface area contributed by atoms with E-state index >= 15 is 0 Å². The summed E-state index contributed by atoms with van der Waals surface area (Å²) in [5.41, 5.74) is 3.56. The maximum Gasteiger partial charge on any atom is 0.227 e. The van der Waals surface area contributed by atoms with Gasteiger partial charge in [-0.05, 0) is 37.9 Å². The first kappa shape index (κ1) is 16.4. The van der Waals surface area contributed by atoms with E-state index in [1.54, 1.807) is 6.26 Å². The fraction of sp³-hybridized carbons (Fsp3) is 0.579. The summed E-state index contributed by atoms with van der Waals surface area (Å²) in [5, 5.41) is 7.54. The summed E-state index contributed by atoms with van der Waals surface area (Å²) in [4.78, 5) is 17.5. The number of furan rings is 1. The van der Waals surface area contributed by atoms with Crippen LogP contribution in [0.5, 0.6) is 0 Å². The Kier molecular flexibility index (Phi) is 4.61. The lowest BCUT2D eigenvalue weighted by molar-refractivity contribution is -0.138. The number of hydrogen-bond donors (Lipinski definition) is 1. The number of amides is 1. The van der Waals surface area contributed by atoms with Crippen LogP contribution in [0.2, 0.25) is 0 Å².